The molecule has 0 bridgehead atoms. The number of amides is 1. The van der Waals surface area contributed by atoms with Crippen LogP contribution in [0.25, 0.3) is 21.1 Å². The minimum absolute atomic E-state index is 0.0719. The summed E-state index contributed by atoms with van der Waals surface area (Å²) in [7, 11) is 1.63. The van der Waals surface area contributed by atoms with Crippen LogP contribution in [0.3, 0.4) is 0 Å². The van der Waals surface area contributed by atoms with Crippen LogP contribution in [0.4, 0.5) is 0 Å². The molecule has 3 heterocycles. The molecule has 0 atom stereocenters. The van der Waals surface area contributed by atoms with Crippen LogP contribution in [0.1, 0.15) is 16.9 Å². The van der Waals surface area contributed by atoms with Crippen molar-refractivity contribution in [3.8, 4) is 5.75 Å². The molecule has 2 N–H and O–H groups in total. The molecule has 7 nitrogen and oxygen atoms in total. The van der Waals surface area contributed by atoms with Gasteiger partial charge in [-0.2, -0.15) is 5.10 Å². The summed E-state index contributed by atoms with van der Waals surface area (Å²) in [5.41, 5.74) is 7.63. The van der Waals surface area contributed by atoms with Gasteiger partial charge in [-0.25, -0.2) is 4.68 Å². The molecular weight excluding hydrogens is 376 g/mol. The molecular formula is C20H20N4O3S. The summed E-state index contributed by atoms with van der Waals surface area (Å²) < 4.78 is 9.70. The van der Waals surface area contributed by atoms with E-state index in [1.54, 1.807) is 24.6 Å². The number of nitrogens with zero attached hydrogens (tertiary/aromatic N) is 3. The number of rotatable bonds is 6. The molecule has 0 spiro atoms. The largest absolute Gasteiger partial charge is 0.497 e. The average molecular weight is 396 g/mol. The molecule has 0 aliphatic rings. The number of thiophene rings is 1. The highest BCUT2D eigenvalue weighted by Crippen LogP contribution is 2.34. The quantitative estimate of drug-likeness (QED) is 0.542. The Hall–Kier alpha value is -3.13. The van der Waals surface area contributed by atoms with Crippen molar-refractivity contribution in [1.82, 2.24) is 14.3 Å². The molecule has 0 saturated heterocycles. The van der Waals surface area contributed by atoms with E-state index in [4.69, 9.17) is 10.5 Å². The van der Waals surface area contributed by atoms with Crippen LogP contribution in [0, 0.1) is 6.92 Å². The van der Waals surface area contributed by atoms with Crippen LogP contribution in [0.15, 0.2) is 41.3 Å². The Morgan fingerprint density at radius 2 is 2.14 bits per heavy atom. The molecule has 3 aromatic heterocycles. The van der Waals surface area contributed by atoms with Crippen LogP contribution in [0.5, 0.6) is 5.75 Å². The van der Waals surface area contributed by atoms with Crippen LogP contribution in [0.2, 0.25) is 0 Å². The van der Waals surface area contributed by atoms with Gasteiger partial charge in [0.15, 0.2) is 0 Å². The number of aryl methyl sites for hydroxylation is 2. The van der Waals surface area contributed by atoms with E-state index in [1.165, 1.54) is 9.56 Å². The Morgan fingerprint density at radius 3 is 2.89 bits per heavy atom. The van der Waals surface area contributed by atoms with Crippen molar-refractivity contribution in [3.63, 3.8) is 0 Å². The third-order valence-electron chi connectivity index (χ3n) is 4.70. The van der Waals surface area contributed by atoms with Gasteiger partial charge in [0.2, 0.25) is 5.91 Å². The van der Waals surface area contributed by atoms with Crippen LogP contribution in [-0.4, -0.2) is 27.4 Å². The molecule has 8 heteroatoms. The molecule has 0 aliphatic heterocycles. The summed E-state index contributed by atoms with van der Waals surface area (Å²) in [5, 5.41) is 5.09. The zero-order chi connectivity index (χ0) is 19.8. The number of carbonyl (C=O) groups is 1. The second-order valence-corrected chi connectivity index (χ2v) is 7.92. The van der Waals surface area contributed by atoms with Crippen molar-refractivity contribution < 1.29 is 9.53 Å². The van der Waals surface area contributed by atoms with Gasteiger partial charge in [-0.05, 0) is 30.7 Å². The fourth-order valence-corrected chi connectivity index (χ4v) is 4.44. The van der Waals surface area contributed by atoms with Crippen molar-refractivity contribution in [2.45, 2.75) is 26.4 Å². The standard InChI is InChI=1S/C20H20N4O3S/c1-12-8-16-19(28-12)15-10-22-24(7-6-17(21)25)20(26)18(15)23(16)11-13-4-3-5-14(9-13)27-2/h3-5,8-10H,6-7,11H2,1-2H3,(H2,21,25). The first-order chi connectivity index (χ1) is 13.5. The Morgan fingerprint density at radius 1 is 1.32 bits per heavy atom. The van der Waals surface area contributed by atoms with Gasteiger partial charge >= 0.3 is 0 Å². The lowest BCUT2D eigenvalue weighted by Gasteiger charge is -2.09. The molecule has 0 unspecified atom stereocenters. The molecule has 0 radical (unpaired) electrons. The third kappa shape index (κ3) is 3.16. The van der Waals surface area contributed by atoms with E-state index in [0.29, 0.717) is 12.1 Å². The van der Waals surface area contributed by atoms with Crippen molar-refractivity contribution in [1.29, 1.82) is 0 Å². The average Bonchev–Trinajstić information content (AvgIpc) is 3.18. The highest BCUT2D eigenvalue weighted by atomic mass is 32.1. The molecule has 4 rings (SSSR count). The maximum absolute atomic E-state index is 13.1. The van der Waals surface area contributed by atoms with Gasteiger partial charge < -0.3 is 15.0 Å². The lowest BCUT2D eigenvalue weighted by atomic mass is 10.2. The highest BCUT2D eigenvalue weighted by molar-refractivity contribution is 7.20. The van der Waals surface area contributed by atoms with Crippen LogP contribution in [-0.2, 0) is 17.9 Å². The van der Waals surface area contributed by atoms with Crippen LogP contribution < -0.4 is 16.0 Å². The molecule has 0 aliphatic carbocycles. The molecule has 28 heavy (non-hydrogen) atoms. The Bertz CT molecular complexity index is 1250. The monoisotopic (exact) mass is 396 g/mol. The number of hydrogen-bond acceptors (Lipinski definition) is 5. The van der Waals surface area contributed by atoms with Crippen molar-refractivity contribution in [2.75, 3.05) is 7.11 Å². The van der Waals surface area contributed by atoms with E-state index < -0.39 is 5.91 Å². The second-order valence-electron chi connectivity index (χ2n) is 6.66. The van der Waals surface area contributed by atoms with Gasteiger partial charge in [0.25, 0.3) is 5.56 Å². The maximum Gasteiger partial charge on any atom is 0.291 e. The topological polar surface area (TPSA) is 92.1 Å². The van der Waals surface area contributed by atoms with Gasteiger partial charge in [0.05, 0.1) is 30.1 Å². The Balaban J connectivity index is 1.91. The van der Waals surface area contributed by atoms with Crippen molar-refractivity contribution in [2.24, 2.45) is 5.73 Å². The second kappa shape index (κ2) is 7.12. The molecule has 0 fully saturated rings. The number of aromatic nitrogens is 3. The number of ether oxygens (including phenoxy) is 1. The normalized spacial score (nSPS) is 11.4. The lowest BCUT2D eigenvalue weighted by Crippen LogP contribution is -2.26. The van der Waals surface area contributed by atoms with Gasteiger partial charge in [0.1, 0.15) is 11.3 Å². The Kier molecular flexibility index (Phi) is 4.64. The maximum atomic E-state index is 13.1. The minimum Gasteiger partial charge on any atom is -0.497 e. The molecule has 1 aromatic carbocycles. The first-order valence-corrected chi connectivity index (χ1v) is 9.69. The van der Waals surface area contributed by atoms with Crippen molar-refractivity contribution in [3.05, 3.63) is 57.3 Å². The summed E-state index contributed by atoms with van der Waals surface area (Å²) in [4.78, 5) is 25.4. The summed E-state index contributed by atoms with van der Waals surface area (Å²) >= 11 is 1.65. The number of nitrogens with two attached hydrogens (primary N) is 1. The van der Waals surface area contributed by atoms with Gasteiger partial charge in [-0.3, -0.25) is 9.59 Å². The van der Waals surface area contributed by atoms with Gasteiger partial charge in [-0.15, -0.1) is 11.3 Å². The number of fused-ring (bicyclic) bond motifs is 3. The van der Waals surface area contributed by atoms with Gasteiger partial charge in [0, 0.05) is 23.2 Å². The van der Waals surface area contributed by atoms with E-state index in [9.17, 15) is 9.59 Å². The fourth-order valence-electron chi connectivity index (χ4n) is 3.41. The summed E-state index contributed by atoms with van der Waals surface area (Å²) in [6, 6.07) is 9.88. The van der Waals surface area contributed by atoms with E-state index in [2.05, 4.69) is 11.2 Å². The first kappa shape index (κ1) is 18.2. The zero-order valence-electron chi connectivity index (χ0n) is 15.6. The minimum atomic E-state index is -0.461. The Labute approximate surface area is 164 Å². The van der Waals surface area contributed by atoms with E-state index >= 15 is 0 Å². The predicted molar refractivity (Wildman–Crippen MR) is 110 cm³/mol. The van der Waals surface area contributed by atoms with Crippen LogP contribution >= 0.6 is 11.3 Å². The molecule has 144 valence electrons. The number of primary amides is 1. The number of benzene rings is 1. The number of carbonyl (C=O) groups excluding carboxylic acids is 1. The summed E-state index contributed by atoms with van der Waals surface area (Å²) in [6.07, 6.45) is 1.78. The fraction of sp³-hybridized carbons (Fsp3) is 0.250. The third-order valence-corrected chi connectivity index (χ3v) is 5.78. The summed E-state index contributed by atoms with van der Waals surface area (Å²) in [6.45, 7) is 2.75. The predicted octanol–water partition coefficient (Wildman–Crippen LogP) is 2.65. The van der Waals surface area contributed by atoms with Crippen molar-refractivity contribution >= 4 is 38.4 Å². The SMILES string of the molecule is COc1cccc(Cn2c3cc(C)sc3c3cnn(CCC(N)=O)c(=O)c32)c1. The molecule has 4 aromatic rings. The van der Waals surface area contributed by atoms with E-state index in [0.717, 1.165) is 26.9 Å². The first-order valence-electron chi connectivity index (χ1n) is 8.87. The van der Waals surface area contributed by atoms with E-state index in [-0.39, 0.29) is 18.5 Å². The molecule has 0 saturated carbocycles. The number of methoxy groups -OCH3 is 1. The zero-order valence-corrected chi connectivity index (χ0v) is 16.5. The van der Waals surface area contributed by atoms with E-state index in [1.807, 2.05) is 35.8 Å². The smallest absolute Gasteiger partial charge is 0.291 e. The lowest BCUT2D eigenvalue weighted by molar-refractivity contribution is -0.118. The molecule has 1 amide bonds. The number of hydrogen-bond donors (Lipinski definition) is 1. The summed E-state index contributed by atoms with van der Waals surface area (Å²) in [5.74, 6) is 0.310. The van der Waals surface area contributed by atoms with Gasteiger partial charge in [-0.1, -0.05) is 12.1 Å². The highest BCUT2D eigenvalue weighted by Gasteiger charge is 2.18.